The zero-order chi connectivity index (χ0) is 21.1. The van der Waals surface area contributed by atoms with Crippen LogP contribution in [0.15, 0.2) is 17.8 Å². The van der Waals surface area contributed by atoms with Crippen LogP contribution < -0.4 is 5.32 Å². The van der Waals surface area contributed by atoms with Gasteiger partial charge in [-0.3, -0.25) is 9.48 Å². The minimum atomic E-state index is -0.668. The van der Waals surface area contributed by atoms with E-state index in [1.807, 2.05) is 0 Å². The molecular formula is C20H19N5O3S2. The first kappa shape index (κ1) is 20.3. The molecule has 3 aromatic heterocycles. The summed E-state index contributed by atoms with van der Waals surface area (Å²) in [6.07, 6.45) is 8.57. The predicted octanol–water partition coefficient (Wildman–Crippen LogP) is 3.54. The smallest absolute Gasteiger partial charge is 0.358 e. The summed E-state index contributed by atoms with van der Waals surface area (Å²) in [7, 11) is 1.80. The lowest BCUT2D eigenvalue weighted by Crippen LogP contribution is -2.21. The van der Waals surface area contributed by atoms with Crippen molar-refractivity contribution >= 4 is 39.6 Å². The molecular weight excluding hydrogens is 422 g/mol. The van der Waals surface area contributed by atoms with Crippen LogP contribution in [0.5, 0.6) is 0 Å². The van der Waals surface area contributed by atoms with E-state index in [2.05, 4.69) is 21.5 Å². The molecule has 4 rings (SSSR count). The second-order valence-electron chi connectivity index (χ2n) is 6.95. The molecule has 3 aromatic rings. The van der Waals surface area contributed by atoms with E-state index in [9.17, 15) is 14.9 Å². The normalized spacial score (nSPS) is 13.2. The third kappa shape index (κ3) is 4.27. The minimum absolute atomic E-state index is 0.146. The van der Waals surface area contributed by atoms with Crippen LogP contribution in [-0.2, 0) is 29.4 Å². The van der Waals surface area contributed by atoms with Gasteiger partial charge in [0.15, 0.2) is 12.3 Å². The maximum atomic E-state index is 12.3. The zero-order valence-electron chi connectivity index (χ0n) is 16.3. The van der Waals surface area contributed by atoms with Crippen molar-refractivity contribution in [3.05, 3.63) is 39.5 Å². The summed E-state index contributed by atoms with van der Waals surface area (Å²) in [6, 6.07) is 2.22. The maximum absolute atomic E-state index is 12.3. The first-order valence-electron chi connectivity index (χ1n) is 9.51. The first-order chi connectivity index (χ1) is 14.5. The Morgan fingerprint density at radius 3 is 2.93 bits per heavy atom. The van der Waals surface area contributed by atoms with Crippen LogP contribution >= 0.6 is 22.7 Å². The molecule has 0 bridgehead atoms. The summed E-state index contributed by atoms with van der Waals surface area (Å²) >= 11 is 2.75. The van der Waals surface area contributed by atoms with Gasteiger partial charge in [0.1, 0.15) is 16.1 Å². The van der Waals surface area contributed by atoms with Crippen LogP contribution in [0.3, 0.4) is 0 Å². The predicted molar refractivity (Wildman–Crippen MR) is 114 cm³/mol. The molecule has 0 saturated heterocycles. The van der Waals surface area contributed by atoms with E-state index >= 15 is 0 Å². The summed E-state index contributed by atoms with van der Waals surface area (Å²) < 4.78 is 6.76. The van der Waals surface area contributed by atoms with Gasteiger partial charge in [0, 0.05) is 29.1 Å². The molecule has 0 unspecified atom stereocenters. The molecule has 0 spiro atoms. The highest BCUT2D eigenvalue weighted by Gasteiger charge is 2.22. The van der Waals surface area contributed by atoms with Crippen molar-refractivity contribution < 1.29 is 14.3 Å². The number of thiophene rings is 1. The fourth-order valence-electron chi connectivity index (χ4n) is 3.35. The highest BCUT2D eigenvalue weighted by Crippen LogP contribution is 2.36. The molecule has 1 aliphatic rings. The molecule has 0 aliphatic heterocycles. The number of ether oxygens (including phenoxy) is 1. The topological polar surface area (TPSA) is 110 Å². The van der Waals surface area contributed by atoms with Gasteiger partial charge < -0.3 is 10.1 Å². The molecule has 8 nitrogen and oxygen atoms in total. The van der Waals surface area contributed by atoms with Crippen molar-refractivity contribution in [2.75, 3.05) is 11.9 Å². The number of aromatic nitrogens is 3. The second-order valence-corrected chi connectivity index (χ2v) is 8.91. The van der Waals surface area contributed by atoms with Gasteiger partial charge in [-0.15, -0.1) is 22.7 Å². The summed E-state index contributed by atoms with van der Waals surface area (Å²) in [6.45, 7) is -0.438. The number of fused-ring (bicyclic) bond motifs is 1. The Morgan fingerprint density at radius 2 is 2.17 bits per heavy atom. The van der Waals surface area contributed by atoms with Crippen LogP contribution in [0.2, 0.25) is 0 Å². The Hall–Kier alpha value is -3.03. The molecule has 3 heterocycles. The fourth-order valence-corrected chi connectivity index (χ4v) is 5.37. The molecule has 154 valence electrons. The monoisotopic (exact) mass is 441 g/mol. The first-order valence-corrected chi connectivity index (χ1v) is 11.2. The SMILES string of the molecule is Cn1cc(-c2nc(C(=O)OCC(=O)Nc3sc4c(c3C#N)CCCCC4)cs2)cn1. The molecule has 0 aromatic carbocycles. The molecule has 1 amide bonds. The van der Waals surface area contributed by atoms with Gasteiger partial charge in [0.2, 0.25) is 0 Å². The van der Waals surface area contributed by atoms with Crippen LogP contribution in [-0.4, -0.2) is 33.2 Å². The van der Waals surface area contributed by atoms with E-state index in [1.165, 1.54) is 27.6 Å². The van der Waals surface area contributed by atoms with E-state index < -0.39 is 18.5 Å². The van der Waals surface area contributed by atoms with Gasteiger partial charge in [0.25, 0.3) is 5.91 Å². The zero-order valence-corrected chi connectivity index (χ0v) is 17.9. The average Bonchev–Trinajstić information content (AvgIpc) is 3.42. The van der Waals surface area contributed by atoms with Crippen molar-refractivity contribution in [1.82, 2.24) is 14.8 Å². The molecule has 0 saturated carbocycles. The molecule has 10 heteroatoms. The fraction of sp³-hybridized carbons (Fsp3) is 0.350. The number of aryl methyl sites for hydroxylation is 2. The summed E-state index contributed by atoms with van der Waals surface area (Å²) in [5.41, 5.74) is 2.54. The van der Waals surface area contributed by atoms with Crippen LogP contribution in [0.4, 0.5) is 5.00 Å². The number of nitrogens with one attached hydrogen (secondary N) is 1. The summed E-state index contributed by atoms with van der Waals surface area (Å²) in [5.74, 6) is -1.14. The Balaban J connectivity index is 1.37. The average molecular weight is 442 g/mol. The molecule has 0 fully saturated rings. The highest BCUT2D eigenvalue weighted by molar-refractivity contribution is 7.16. The Morgan fingerprint density at radius 1 is 1.33 bits per heavy atom. The van der Waals surface area contributed by atoms with Crippen LogP contribution in [0, 0.1) is 11.3 Å². The van der Waals surface area contributed by atoms with Gasteiger partial charge in [-0.05, 0) is 31.2 Å². The number of hydrogen-bond acceptors (Lipinski definition) is 8. The number of carbonyl (C=O) groups excluding carboxylic acids is 2. The standard InChI is InChI=1S/C20H19N5O3S2/c1-25-9-12(8-22-25)18-23-15(11-29-18)20(27)28-10-17(26)24-19-14(7-21)13-5-3-2-4-6-16(13)30-19/h8-9,11H,2-6,10H2,1H3,(H,24,26). The number of amides is 1. The van der Waals surface area contributed by atoms with Gasteiger partial charge >= 0.3 is 5.97 Å². The van der Waals surface area contributed by atoms with Gasteiger partial charge in [-0.25, -0.2) is 9.78 Å². The Labute approximate surface area is 181 Å². The number of thiazole rings is 1. The molecule has 1 N–H and O–H groups in total. The molecule has 1 aliphatic carbocycles. The van der Waals surface area contributed by atoms with Crippen molar-refractivity contribution in [2.24, 2.45) is 7.05 Å². The van der Waals surface area contributed by atoms with Gasteiger partial charge in [-0.1, -0.05) is 6.42 Å². The second kappa shape index (κ2) is 8.77. The number of anilines is 1. The van der Waals surface area contributed by atoms with E-state index in [-0.39, 0.29) is 5.69 Å². The van der Waals surface area contributed by atoms with Crippen molar-refractivity contribution in [2.45, 2.75) is 32.1 Å². The number of rotatable bonds is 5. The minimum Gasteiger partial charge on any atom is -0.451 e. The number of nitriles is 1. The van der Waals surface area contributed by atoms with E-state index in [0.29, 0.717) is 15.6 Å². The number of hydrogen-bond donors (Lipinski definition) is 1. The lowest BCUT2D eigenvalue weighted by atomic mass is 10.1. The summed E-state index contributed by atoms with van der Waals surface area (Å²) in [5, 5.41) is 19.1. The number of carbonyl (C=O) groups is 2. The molecule has 0 radical (unpaired) electrons. The molecule has 0 atom stereocenters. The third-order valence-electron chi connectivity index (χ3n) is 4.79. The maximum Gasteiger partial charge on any atom is 0.358 e. The van der Waals surface area contributed by atoms with Crippen LogP contribution in [0.25, 0.3) is 10.6 Å². The van der Waals surface area contributed by atoms with Crippen LogP contribution in [0.1, 0.15) is 45.8 Å². The third-order valence-corrected chi connectivity index (χ3v) is 6.88. The Bertz CT molecular complexity index is 1140. The summed E-state index contributed by atoms with van der Waals surface area (Å²) in [4.78, 5) is 30.0. The Kier molecular flexibility index (Phi) is 5.92. The van der Waals surface area contributed by atoms with E-state index in [0.717, 1.165) is 43.2 Å². The number of nitrogens with zero attached hydrogens (tertiary/aromatic N) is 4. The van der Waals surface area contributed by atoms with Crippen molar-refractivity contribution in [3.8, 4) is 16.6 Å². The lowest BCUT2D eigenvalue weighted by molar-refractivity contribution is -0.119. The van der Waals surface area contributed by atoms with Crippen molar-refractivity contribution in [3.63, 3.8) is 0 Å². The quantitative estimate of drug-likeness (QED) is 0.479. The van der Waals surface area contributed by atoms with Gasteiger partial charge in [0.05, 0.1) is 11.8 Å². The van der Waals surface area contributed by atoms with E-state index in [1.54, 1.807) is 29.5 Å². The van der Waals surface area contributed by atoms with E-state index in [4.69, 9.17) is 4.74 Å². The highest BCUT2D eigenvalue weighted by atomic mass is 32.1. The largest absolute Gasteiger partial charge is 0.451 e. The lowest BCUT2D eigenvalue weighted by Gasteiger charge is -2.05. The number of esters is 1. The van der Waals surface area contributed by atoms with Crippen molar-refractivity contribution in [1.29, 1.82) is 5.26 Å². The molecule has 30 heavy (non-hydrogen) atoms. The van der Waals surface area contributed by atoms with Gasteiger partial charge in [-0.2, -0.15) is 10.4 Å².